The number of thiophene rings is 1. The summed E-state index contributed by atoms with van der Waals surface area (Å²) in [5.41, 5.74) is 0.272. The van der Waals surface area contributed by atoms with E-state index in [1.807, 2.05) is 52.0 Å². The molecular formula is C16H19BO3S. The van der Waals surface area contributed by atoms with Crippen molar-refractivity contribution in [2.24, 2.45) is 0 Å². The van der Waals surface area contributed by atoms with Gasteiger partial charge >= 0.3 is 7.12 Å². The molecule has 1 aliphatic rings. The average Bonchev–Trinajstić information content (AvgIpc) is 2.88. The summed E-state index contributed by atoms with van der Waals surface area (Å²) in [6.07, 6.45) is 0. The van der Waals surface area contributed by atoms with Gasteiger partial charge in [0.2, 0.25) is 0 Å². The maximum atomic E-state index is 11.6. The van der Waals surface area contributed by atoms with Crippen molar-refractivity contribution in [1.29, 1.82) is 0 Å². The molecule has 1 aliphatic heterocycles. The van der Waals surface area contributed by atoms with Gasteiger partial charge < -0.3 is 9.31 Å². The highest BCUT2D eigenvalue weighted by Gasteiger charge is 2.52. The second-order valence-electron chi connectivity index (χ2n) is 6.51. The van der Waals surface area contributed by atoms with Crippen LogP contribution in [0.4, 0.5) is 0 Å². The first-order valence-electron chi connectivity index (χ1n) is 7.10. The first kappa shape index (κ1) is 14.8. The van der Waals surface area contributed by atoms with Gasteiger partial charge in [0, 0.05) is 4.70 Å². The molecule has 2 aromatic rings. The summed E-state index contributed by atoms with van der Waals surface area (Å²) in [5, 5.41) is 1.05. The molecule has 1 aromatic carbocycles. The van der Waals surface area contributed by atoms with Crippen molar-refractivity contribution in [1.82, 2.24) is 0 Å². The predicted molar refractivity (Wildman–Crippen MR) is 87.5 cm³/mol. The fourth-order valence-corrected chi connectivity index (χ4v) is 3.42. The highest BCUT2D eigenvalue weighted by molar-refractivity contribution is 7.21. The van der Waals surface area contributed by atoms with Crippen molar-refractivity contribution in [3.8, 4) is 0 Å². The largest absolute Gasteiger partial charge is 0.495 e. The molecule has 1 fully saturated rings. The van der Waals surface area contributed by atoms with Crippen LogP contribution in [0, 0.1) is 0 Å². The molecule has 0 radical (unpaired) electrons. The maximum Gasteiger partial charge on any atom is 0.495 e. The van der Waals surface area contributed by atoms with Crippen LogP contribution in [0.2, 0.25) is 0 Å². The molecule has 0 atom stereocenters. The van der Waals surface area contributed by atoms with Crippen LogP contribution in [0.5, 0.6) is 0 Å². The number of benzene rings is 1. The van der Waals surface area contributed by atoms with Crippen molar-refractivity contribution < 1.29 is 14.1 Å². The molecule has 0 amide bonds. The summed E-state index contributed by atoms with van der Waals surface area (Å²) in [6, 6.07) is 7.98. The van der Waals surface area contributed by atoms with Gasteiger partial charge in [0.1, 0.15) is 0 Å². The summed E-state index contributed by atoms with van der Waals surface area (Å²) >= 11 is 1.52. The lowest BCUT2D eigenvalue weighted by atomic mass is 9.77. The highest BCUT2D eigenvalue weighted by atomic mass is 32.1. The third-order valence-electron chi connectivity index (χ3n) is 4.45. The Morgan fingerprint density at radius 2 is 1.76 bits per heavy atom. The van der Waals surface area contributed by atoms with Crippen molar-refractivity contribution in [2.45, 2.75) is 45.8 Å². The average molecular weight is 302 g/mol. The molecule has 2 heterocycles. The maximum absolute atomic E-state index is 11.6. The predicted octanol–water partition coefficient (Wildman–Crippen LogP) is 3.40. The summed E-state index contributed by atoms with van der Waals surface area (Å²) in [6.45, 7) is 9.77. The first-order valence-corrected chi connectivity index (χ1v) is 7.92. The van der Waals surface area contributed by atoms with Gasteiger partial charge in [0.25, 0.3) is 0 Å². The lowest BCUT2D eigenvalue weighted by molar-refractivity contribution is 0.00578. The molecule has 1 aromatic heterocycles. The van der Waals surface area contributed by atoms with E-state index < -0.39 is 7.12 Å². The fourth-order valence-electron chi connectivity index (χ4n) is 2.43. The van der Waals surface area contributed by atoms with E-state index >= 15 is 0 Å². The lowest BCUT2D eigenvalue weighted by Gasteiger charge is -2.32. The van der Waals surface area contributed by atoms with E-state index in [0.717, 1.165) is 20.4 Å². The highest BCUT2D eigenvalue weighted by Crippen LogP contribution is 2.37. The Hall–Kier alpha value is -1.17. The van der Waals surface area contributed by atoms with Crippen LogP contribution in [-0.4, -0.2) is 24.1 Å². The Kier molecular flexibility index (Phi) is 3.28. The molecule has 1 saturated heterocycles. The van der Waals surface area contributed by atoms with Crippen LogP contribution in [0.1, 0.15) is 44.3 Å². The SMILES string of the molecule is CC(=O)c1cc2c(B3OC(C)(C)C(C)(C)O3)cccc2s1. The van der Waals surface area contributed by atoms with E-state index in [1.165, 1.54) is 11.3 Å². The number of carbonyl (C=O) groups is 1. The van der Waals surface area contributed by atoms with E-state index in [0.29, 0.717) is 0 Å². The van der Waals surface area contributed by atoms with E-state index in [1.54, 1.807) is 6.92 Å². The molecule has 0 saturated carbocycles. The monoisotopic (exact) mass is 302 g/mol. The van der Waals surface area contributed by atoms with Crippen LogP contribution >= 0.6 is 11.3 Å². The minimum Gasteiger partial charge on any atom is -0.399 e. The van der Waals surface area contributed by atoms with Crippen molar-refractivity contribution in [3.63, 3.8) is 0 Å². The van der Waals surface area contributed by atoms with E-state index in [9.17, 15) is 4.79 Å². The van der Waals surface area contributed by atoms with Crippen LogP contribution < -0.4 is 5.46 Å². The molecule has 5 heteroatoms. The van der Waals surface area contributed by atoms with Crippen LogP contribution in [0.15, 0.2) is 24.3 Å². The van der Waals surface area contributed by atoms with Gasteiger partial charge in [0.15, 0.2) is 5.78 Å². The van der Waals surface area contributed by atoms with Crippen molar-refractivity contribution in [2.75, 3.05) is 0 Å². The third kappa shape index (κ3) is 2.33. The molecule has 0 aliphatic carbocycles. The Balaban J connectivity index is 2.08. The lowest BCUT2D eigenvalue weighted by Crippen LogP contribution is -2.41. The van der Waals surface area contributed by atoms with Gasteiger partial charge in [-0.05, 0) is 57.6 Å². The van der Waals surface area contributed by atoms with Gasteiger partial charge in [-0.15, -0.1) is 11.3 Å². The summed E-state index contributed by atoms with van der Waals surface area (Å²) in [4.78, 5) is 12.4. The molecule has 0 N–H and O–H groups in total. The smallest absolute Gasteiger partial charge is 0.399 e. The molecule has 3 rings (SSSR count). The molecular weight excluding hydrogens is 283 g/mol. The van der Waals surface area contributed by atoms with Crippen LogP contribution in [-0.2, 0) is 9.31 Å². The Labute approximate surface area is 129 Å². The van der Waals surface area contributed by atoms with Gasteiger partial charge in [-0.2, -0.15) is 0 Å². The Morgan fingerprint density at radius 3 is 2.33 bits per heavy atom. The van der Waals surface area contributed by atoms with Crippen LogP contribution in [0.3, 0.4) is 0 Å². The van der Waals surface area contributed by atoms with Gasteiger partial charge in [-0.1, -0.05) is 12.1 Å². The second kappa shape index (κ2) is 4.67. The zero-order valence-electron chi connectivity index (χ0n) is 13.0. The molecule has 3 nitrogen and oxygen atoms in total. The molecule has 0 spiro atoms. The van der Waals surface area contributed by atoms with E-state index in [-0.39, 0.29) is 17.0 Å². The fraction of sp³-hybridized carbons (Fsp3) is 0.438. The van der Waals surface area contributed by atoms with Crippen molar-refractivity contribution >= 4 is 39.8 Å². The zero-order valence-corrected chi connectivity index (χ0v) is 13.8. The topological polar surface area (TPSA) is 35.5 Å². The Morgan fingerprint density at radius 1 is 1.14 bits per heavy atom. The zero-order chi connectivity index (χ0) is 15.4. The number of ketones is 1. The minimum absolute atomic E-state index is 0.0936. The molecule has 0 unspecified atom stereocenters. The summed E-state index contributed by atoms with van der Waals surface area (Å²) < 4.78 is 13.3. The standard InChI is InChI=1S/C16H19BO3S/c1-10(18)14-9-11-12(7-6-8-13(11)21-14)17-19-15(2,3)16(4,5)20-17/h6-9H,1-5H3. The number of fused-ring (bicyclic) bond motifs is 1. The van der Waals surface area contributed by atoms with Gasteiger partial charge in [-0.3, -0.25) is 4.79 Å². The number of Topliss-reactive ketones (excluding diaryl/α,β-unsaturated/α-hetero) is 1. The number of carbonyl (C=O) groups excluding carboxylic acids is 1. The molecule has 110 valence electrons. The minimum atomic E-state index is -0.395. The third-order valence-corrected chi connectivity index (χ3v) is 5.65. The van der Waals surface area contributed by atoms with Gasteiger partial charge in [-0.25, -0.2) is 0 Å². The van der Waals surface area contributed by atoms with Crippen molar-refractivity contribution in [3.05, 3.63) is 29.1 Å². The molecule has 21 heavy (non-hydrogen) atoms. The summed E-state index contributed by atoms with van der Waals surface area (Å²) in [7, 11) is -0.395. The quantitative estimate of drug-likeness (QED) is 0.630. The van der Waals surface area contributed by atoms with E-state index in [4.69, 9.17) is 9.31 Å². The first-order chi connectivity index (χ1) is 9.71. The number of rotatable bonds is 2. The summed E-state index contributed by atoms with van der Waals surface area (Å²) in [5.74, 6) is 0.0936. The van der Waals surface area contributed by atoms with Gasteiger partial charge in [0.05, 0.1) is 16.1 Å². The van der Waals surface area contributed by atoms with E-state index in [2.05, 4.69) is 0 Å². The second-order valence-corrected chi connectivity index (χ2v) is 7.60. The Bertz CT molecular complexity index is 701. The van der Waals surface area contributed by atoms with Crippen LogP contribution in [0.25, 0.3) is 10.1 Å². The molecule has 0 bridgehead atoms. The number of hydrogen-bond donors (Lipinski definition) is 0. The number of hydrogen-bond acceptors (Lipinski definition) is 4. The normalized spacial score (nSPS) is 20.1.